The highest BCUT2D eigenvalue weighted by atomic mass is 19.1. The third kappa shape index (κ3) is 4.96. The van der Waals surface area contributed by atoms with Crippen LogP contribution in [0.15, 0.2) is 30.6 Å². The molecule has 35 heavy (non-hydrogen) atoms. The molecule has 1 aromatic carbocycles. The SMILES string of the molecule is COC[C@H](C)NC(=O)Oc1c[nH]c2ncc(-c3nn(CCN4CCCC4)c4cc(F)ccc34)nc12. The van der Waals surface area contributed by atoms with Gasteiger partial charge in [0.05, 0.1) is 30.9 Å². The van der Waals surface area contributed by atoms with E-state index in [0.29, 0.717) is 41.2 Å². The van der Waals surface area contributed by atoms with E-state index in [1.165, 1.54) is 31.2 Å². The number of ether oxygens (including phenoxy) is 2. The Hall–Kier alpha value is -3.57. The minimum absolute atomic E-state index is 0.212. The Morgan fingerprint density at radius 3 is 2.91 bits per heavy atom. The average Bonchev–Trinajstić information content (AvgIpc) is 3.57. The summed E-state index contributed by atoms with van der Waals surface area (Å²) in [7, 11) is 1.56. The summed E-state index contributed by atoms with van der Waals surface area (Å²) in [6, 6.07) is 4.42. The quantitative estimate of drug-likeness (QED) is 0.397. The van der Waals surface area contributed by atoms with Crippen molar-refractivity contribution in [2.24, 2.45) is 0 Å². The smallest absolute Gasteiger partial charge is 0.406 e. The number of hydrogen-bond donors (Lipinski definition) is 2. The van der Waals surface area contributed by atoms with Gasteiger partial charge in [-0.2, -0.15) is 5.10 Å². The molecule has 0 spiro atoms. The molecule has 1 fully saturated rings. The van der Waals surface area contributed by atoms with Crippen molar-refractivity contribution in [2.45, 2.75) is 32.4 Å². The number of benzene rings is 1. The molecule has 5 rings (SSSR count). The molecule has 2 N–H and O–H groups in total. The van der Waals surface area contributed by atoms with Gasteiger partial charge in [0.25, 0.3) is 0 Å². The maximum Gasteiger partial charge on any atom is 0.413 e. The van der Waals surface area contributed by atoms with Gasteiger partial charge in [-0.3, -0.25) is 4.68 Å². The lowest BCUT2D eigenvalue weighted by Gasteiger charge is -2.14. The Morgan fingerprint density at radius 1 is 1.29 bits per heavy atom. The summed E-state index contributed by atoms with van der Waals surface area (Å²) >= 11 is 0. The number of fused-ring (bicyclic) bond motifs is 2. The number of amides is 1. The van der Waals surface area contributed by atoms with Crippen LogP contribution in [0.3, 0.4) is 0 Å². The number of rotatable bonds is 8. The van der Waals surface area contributed by atoms with Crippen LogP contribution in [-0.2, 0) is 11.3 Å². The van der Waals surface area contributed by atoms with Gasteiger partial charge in [0.15, 0.2) is 16.9 Å². The molecule has 1 aliphatic rings. The molecule has 0 saturated carbocycles. The van der Waals surface area contributed by atoms with Crippen molar-refractivity contribution in [3.63, 3.8) is 0 Å². The molecule has 10 nitrogen and oxygen atoms in total. The number of carbonyl (C=O) groups is 1. The molecule has 0 bridgehead atoms. The third-order valence-electron chi connectivity index (χ3n) is 6.11. The Morgan fingerprint density at radius 2 is 2.11 bits per heavy atom. The summed E-state index contributed by atoms with van der Waals surface area (Å²) < 4.78 is 26.4. The van der Waals surface area contributed by atoms with Crippen LogP contribution in [0, 0.1) is 5.82 Å². The number of aromatic nitrogens is 5. The van der Waals surface area contributed by atoms with Crippen LogP contribution in [-0.4, -0.2) is 75.1 Å². The second kappa shape index (κ2) is 9.96. The number of halogens is 1. The zero-order valence-corrected chi connectivity index (χ0v) is 19.8. The predicted molar refractivity (Wildman–Crippen MR) is 129 cm³/mol. The lowest BCUT2D eigenvalue weighted by atomic mass is 10.1. The normalized spacial score (nSPS) is 15.2. The number of methoxy groups -OCH3 is 1. The first-order chi connectivity index (χ1) is 17.0. The second-order valence-electron chi connectivity index (χ2n) is 8.78. The summed E-state index contributed by atoms with van der Waals surface area (Å²) in [6.45, 7) is 5.83. The van der Waals surface area contributed by atoms with Gasteiger partial charge in [-0.25, -0.2) is 19.2 Å². The van der Waals surface area contributed by atoms with Gasteiger partial charge in [-0.05, 0) is 51.1 Å². The van der Waals surface area contributed by atoms with Crippen LogP contribution in [0.5, 0.6) is 5.75 Å². The fraction of sp³-hybridized carbons (Fsp3) is 0.417. The van der Waals surface area contributed by atoms with E-state index in [1.807, 2.05) is 11.6 Å². The average molecular weight is 482 g/mol. The summed E-state index contributed by atoms with van der Waals surface area (Å²) in [5.74, 6) is -0.0665. The number of aromatic amines is 1. The Bertz CT molecular complexity index is 1350. The fourth-order valence-electron chi connectivity index (χ4n) is 4.43. The van der Waals surface area contributed by atoms with E-state index in [4.69, 9.17) is 19.6 Å². The summed E-state index contributed by atoms with van der Waals surface area (Å²) in [5, 5.41) is 8.26. The van der Waals surface area contributed by atoms with Crippen molar-refractivity contribution in [3.05, 3.63) is 36.4 Å². The van der Waals surface area contributed by atoms with Crippen molar-refractivity contribution >= 4 is 28.2 Å². The third-order valence-corrected chi connectivity index (χ3v) is 6.11. The minimum atomic E-state index is -0.616. The van der Waals surface area contributed by atoms with Crippen LogP contribution in [0.4, 0.5) is 9.18 Å². The second-order valence-corrected chi connectivity index (χ2v) is 8.78. The highest BCUT2D eigenvalue weighted by Crippen LogP contribution is 2.30. The molecule has 1 saturated heterocycles. The van der Waals surface area contributed by atoms with Crippen LogP contribution in [0.2, 0.25) is 0 Å². The van der Waals surface area contributed by atoms with Crippen LogP contribution in [0.25, 0.3) is 33.5 Å². The Labute approximate surface area is 201 Å². The van der Waals surface area contributed by atoms with Gasteiger partial charge >= 0.3 is 6.09 Å². The van der Waals surface area contributed by atoms with E-state index in [-0.39, 0.29) is 17.6 Å². The highest BCUT2D eigenvalue weighted by Gasteiger charge is 2.19. The van der Waals surface area contributed by atoms with Gasteiger partial charge in [-0.15, -0.1) is 0 Å². The highest BCUT2D eigenvalue weighted by molar-refractivity contribution is 5.93. The minimum Gasteiger partial charge on any atom is -0.406 e. The van der Waals surface area contributed by atoms with Crippen LogP contribution < -0.4 is 10.1 Å². The molecule has 1 amide bonds. The molecule has 0 radical (unpaired) electrons. The van der Waals surface area contributed by atoms with Gasteiger partial charge in [0.2, 0.25) is 0 Å². The van der Waals surface area contributed by atoms with Gasteiger partial charge < -0.3 is 24.7 Å². The molecule has 184 valence electrons. The van der Waals surface area contributed by atoms with Gasteiger partial charge in [0, 0.05) is 25.2 Å². The standard InChI is InChI=1S/C24H28FN7O3/c1-15(14-34-2)28-24(33)35-20-13-27-23-22(20)29-18(12-26-23)21-17-6-5-16(25)11-19(17)32(30-21)10-9-31-7-3-4-8-31/h5-6,11-13,15H,3-4,7-10,14H2,1-2H3,(H,26,27)(H,28,33)/t15-/m0/s1. The first-order valence-electron chi connectivity index (χ1n) is 11.7. The fourth-order valence-corrected chi connectivity index (χ4v) is 4.43. The summed E-state index contributed by atoms with van der Waals surface area (Å²) in [6.07, 6.45) is 4.95. The maximum absolute atomic E-state index is 14.1. The first kappa shape index (κ1) is 23.2. The van der Waals surface area contributed by atoms with Crippen LogP contribution in [0.1, 0.15) is 19.8 Å². The number of nitrogens with one attached hydrogen (secondary N) is 2. The first-order valence-corrected chi connectivity index (χ1v) is 11.7. The number of hydrogen-bond acceptors (Lipinski definition) is 7. The van der Waals surface area contributed by atoms with E-state index in [0.717, 1.165) is 25.0 Å². The largest absolute Gasteiger partial charge is 0.413 e. The molecular weight excluding hydrogens is 453 g/mol. The zero-order chi connectivity index (χ0) is 24.4. The van der Waals surface area contributed by atoms with Gasteiger partial charge in [-0.1, -0.05) is 0 Å². The van der Waals surface area contributed by atoms with E-state index in [2.05, 4.69) is 20.2 Å². The van der Waals surface area contributed by atoms with Crippen molar-refractivity contribution < 1.29 is 18.7 Å². The van der Waals surface area contributed by atoms with Crippen molar-refractivity contribution in [3.8, 4) is 17.1 Å². The lowest BCUT2D eigenvalue weighted by Crippen LogP contribution is -2.37. The number of nitrogens with zero attached hydrogens (tertiary/aromatic N) is 5. The van der Waals surface area contributed by atoms with E-state index < -0.39 is 6.09 Å². The number of carbonyl (C=O) groups excluding carboxylic acids is 1. The molecule has 4 aromatic rings. The molecule has 1 atom stereocenters. The van der Waals surface area contributed by atoms with Crippen molar-refractivity contribution in [2.75, 3.05) is 33.4 Å². The molecule has 11 heteroatoms. The zero-order valence-electron chi connectivity index (χ0n) is 19.8. The topological polar surface area (TPSA) is 110 Å². The predicted octanol–water partition coefficient (Wildman–Crippen LogP) is 3.33. The molecule has 4 heterocycles. The summed E-state index contributed by atoms with van der Waals surface area (Å²) in [4.78, 5) is 26.8. The molecule has 1 aliphatic heterocycles. The molecular formula is C24H28FN7O3. The number of H-pyrrole nitrogens is 1. The molecule has 0 unspecified atom stereocenters. The van der Waals surface area contributed by atoms with Crippen LogP contribution >= 0.6 is 0 Å². The summed E-state index contributed by atoms with van der Waals surface area (Å²) in [5.41, 5.74) is 2.69. The van der Waals surface area contributed by atoms with E-state index >= 15 is 0 Å². The van der Waals surface area contributed by atoms with Crippen molar-refractivity contribution in [1.29, 1.82) is 0 Å². The van der Waals surface area contributed by atoms with Crippen molar-refractivity contribution in [1.82, 2.24) is 34.9 Å². The number of likely N-dealkylation sites (tertiary alicyclic amines) is 1. The molecule has 0 aliphatic carbocycles. The van der Waals surface area contributed by atoms with Gasteiger partial charge in [0.1, 0.15) is 17.2 Å². The maximum atomic E-state index is 14.1. The lowest BCUT2D eigenvalue weighted by molar-refractivity contribution is 0.159. The van der Waals surface area contributed by atoms with E-state index in [9.17, 15) is 9.18 Å². The molecule has 3 aromatic heterocycles. The van der Waals surface area contributed by atoms with E-state index in [1.54, 1.807) is 19.4 Å². The Balaban J connectivity index is 1.45. The monoisotopic (exact) mass is 481 g/mol. The Kier molecular flexibility index (Phi) is 6.60.